The zero-order chi connectivity index (χ0) is 35.8. The third-order valence-electron chi connectivity index (χ3n) is 5.82. The molecule has 0 aliphatic carbocycles. The van der Waals surface area contributed by atoms with Crippen LogP contribution in [0, 0.1) is 3.57 Å². The molecule has 0 heterocycles. The molecule has 0 bridgehead atoms. The van der Waals surface area contributed by atoms with E-state index in [2.05, 4.69) is 2.51 Å². The van der Waals surface area contributed by atoms with Crippen molar-refractivity contribution in [2.45, 2.75) is 95.4 Å². The molecule has 0 amide bonds. The topological polar surface area (TPSA) is 43.4 Å². The summed E-state index contributed by atoms with van der Waals surface area (Å²) in [6.07, 6.45) is -7.90. The van der Waals surface area contributed by atoms with E-state index in [0.717, 1.165) is 53.7 Å². The quantitative estimate of drug-likeness (QED) is 0.170. The summed E-state index contributed by atoms with van der Waals surface area (Å²) in [5.41, 5.74) is 0. The number of hydrogen-bond acceptors (Lipinski definition) is 3. The average molecular weight is 817 g/mol. The maximum absolute atomic E-state index is 14.9. The molecule has 0 aliphatic rings. The molecule has 0 N–H and O–H groups in total. The van der Waals surface area contributed by atoms with Gasteiger partial charge in [-0.2, -0.15) is 0 Å². The summed E-state index contributed by atoms with van der Waals surface area (Å²) in [5, 5.41) is -7.75. The summed E-state index contributed by atoms with van der Waals surface area (Å²) >= 11 is -5.56. The molecule has 22 heteroatoms. The molecule has 260 valence electrons. The van der Waals surface area contributed by atoms with Crippen molar-refractivity contribution in [2.24, 2.45) is 0 Å². The van der Waals surface area contributed by atoms with Crippen molar-refractivity contribution in [3.8, 4) is 0 Å². The van der Waals surface area contributed by atoms with Crippen LogP contribution in [0.25, 0.3) is 0 Å². The van der Waals surface area contributed by atoms with Gasteiger partial charge in [-0.25, -0.2) is 0 Å². The molecular weight excluding hydrogens is 794 g/mol. The summed E-state index contributed by atoms with van der Waals surface area (Å²) in [7, 11) is -7.74. The zero-order valence-electron chi connectivity index (χ0n) is 22.8. The van der Waals surface area contributed by atoms with Gasteiger partial charge in [0.25, 0.3) is 0 Å². The average Bonchev–Trinajstić information content (AvgIpc) is 2.79. The number of rotatable bonds is 10. The predicted octanol–water partition coefficient (Wildman–Crippen LogP) is 5.84. The van der Waals surface area contributed by atoms with Gasteiger partial charge in [-0.15, -0.1) is 0 Å². The van der Waals surface area contributed by atoms with Crippen LogP contribution in [0.2, 0.25) is 0 Å². The summed E-state index contributed by atoms with van der Waals surface area (Å²) in [5.74, 6) is -52.0. The number of alkyl halides is 19. The first-order valence-electron chi connectivity index (χ1n) is 11.3. The van der Waals surface area contributed by atoms with Crippen LogP contribution in [0.5, 0.6) is 0 Å². The molecule has 0 saturated carbocycles. The molecule has 1 aromatic rings. The van der Waals surface area contributed by atoms with Crippen molar-refractivity contribution < 1.29 is 104 Å². The fourth-order valence-electron chi connectivity index (χ4n) is 3.79. The summed E-state index contributed by atoms with van der Waals surface area (Å²) in [6, 6.07) is 5.72. The fraction of sp³-hybridized carbons (Fsp3) is 0.727. The third kappa shape index (κ3) is 5.42. The third-order valence-corrected chi connectivity index (χ3v) is 21.7. The van der Waals surface area contributed by atoms with Gasteiger partial charge in [-0.05, 0) is 0 Å². The van der Waals surface area contributed by atoms with Crippen LogP contribution < -0.4 is 18.8 Å². The summed E-state index contributed by atoms with van der Waals surface area (Å²) in [6.45, 7) is 6.75. The van der Waals surface area contributed by atoms with Crippen LogP contribution in [0.4, 0.5) is 74.6 Å². The molecule has 0 radical (unpaired) electrons. The van der Waals surface area contributed by atoms with Gasteiger partial charge < -0.3 is 0 Å². The Kier molecular flexibility index (Phi) is 10.0. The van der Waals surface area contributed by atoms with E-state index in [-0.39, 0.29) is 3.57 Å². The molecule has 0 atom stereocenters. The molecule has 0 spiro atoms. The van der Waals surface area contributed by atoms with E-state index in [1.54, 1.807) is 0 Å². The standard InChI is InChI=1S/C22H23F17IO3S/c1-13(2,3)40(14(4,5)6,12-10-8-7-9-11-12)43-44(41,42)22(38,39)20(33,34)18(29,30)16(25,26)15(23,24)17(27,28)19(31,32)21(35,36)37/h7-11H,1-6H3/q+1. The van der Waals surface area contributed by atoms with E-state index in [1.807, 2.05) is 0 Å². The van der Waals surface area contributed by atoms with Crippen molar-refractivity contribution in [3.63, 3.8) is 0 Å². The van der Waals surface area contributed by atoms with Gasteiger partial charge in [-0.1, -0.05) is 0 Å². The van der Waals surface area contributed by atoms with Gasteiger partial charge >= 0.3 is 244 Å². The van der Waals surface area contributed by atoms with Gasteiger partial charge in [-0.3, -0.25) is 0 Å². The first-order valence-corrected chi connectivity index (χ1v) is 16.8. The van der Waals surface area contributed by atoms with Gasteiger partial charge in [0, 0.05) is 0 Å². The van der Waals surface area contributed by atoms with Crippen LogP contribution >= 0.6 is 0 Å². The first kappa shape index (κ1) is 40.7. The van der Waals surface area contributed by atoms with Crippen LogP contribution in [0.3, 0.4) is 0 Å². The SMILES string of the molecule is CC(C)(C)[I+](OS(=O)(=O)C(F)(F)C(F)(F)C(F)(F)C(F)(F)C(F)(F)C(F)(F)C(F)(F)C(F)(F)F)(c1ccccc1)C(C)(C)C. The normalized spacial score (nSPS) is 16.7. The number of benzene rings is 1. The summed E-state index contributed by atoms with van der Waals surface area (Å²) in [4.78, 5) is 0. The molecule has 1 aromatic carbocycles. The van der Waals surface area contributed by atoms with Gasteiger partial charge in [0.2, 0.25) is 0 Å². The Labute approximate surface area is 243 Å². The molecule has 44 heavy (non-hydrogen) atoms. The van der Waals surface area contributed by atoms with E-state index >= 15 is 0 Å². The molecular formula is C22H23F17IO3S+. The number of halogens is 18. The van der Waals surface area contributed by atoms with E-state index in [9.17, 15) is 83.1 Å². The Bertz CT molecular complexity index is 1280. The Morgan fingerprint density at radius 2 is 0.795 bits per heavy atom. The molecule has 0 aliphatic heterocycles. The molecule has 0 unspecified atom stereocenters. The van der Waals surface area contributed by atoms with E-state index in [1.165, 1.54) is 18.2 Å². The second-order valence-electron chi connectivity index (χ2n) is 10.9. The summed E-state index contributed by atoms with van der Waals surface area (Å²) < 4.78 is 260. The second-order valence-corrected chi connectivity index (χ2v) is 24.2. The van der Waals surface area contributed by atoms with Gasteiger partial charge in [0.15, 0.2) is 0 Å². The first-order chi connectivity index (χ1) is 18.8. The van der Waals surface area contributed by atoms with Crippen LogP contribution in [-0.4, -0.2) is 62.2 Å². The minimum absolute atomic E-state index is 0.264. The van der Waals surface area contributed by atoms with Crippen LogP contribution in [-0.2, 0) is 12.6 Å². The van der Waals surface area contributed by atoms with E-state index in [0.29, 0.717) is 0 Å². The molecule has 0 saturated heterocycles. The second kappa shape index (κ2) is 10.9. The van der Waals surface area contributed by atoms with Crippen molar-refractivity contribution in [2.75, 3.05) is 0 Å². The van der Waals surface area contributed by atoms with Gasteiger partial charge in [0.05, 0.1) is 0 Å². The fourth-order valence-corrected chi connectivity index (χ4v) is 21.7. The Morgan fingerprint density at radius 3 is 1.09 bits per heavy atom. The Hall–Kier alpha value is -1.33. The molecule has 0 aromatic heterocycles. The maximum atomic E-state index is 14.9. The van der Waals surface area contributed by atoms with Crippen molar-refractivity contribution in [3.05, 3.63) is 33.9 Å². The van der Waals surface area contributed by atoms with Crippen LogP contribution in [0.1, 0.15) is 41.5 Å². The van der Waals surface area contributed by atoms with E-state index < -0.39 is 82.8 Å². The predicted molar refractivity (Wildman–Crippen MR) is 115 cm³/mol. The van der Waals surface area contributed by atoms with E-state index in [4.69, 9.17) is 0 Å². The Morgan fingerprint density at radius 1 is 0.500 bits per heavy atom. The molecule has 0 fully saturated rings. The monoisotopic (exact) mass is 817 g/mol. The Balaban J connectivity index is 4.02. The molecule has 1 rings (SSSR count). The van der Waals surface area contributed by atoms with Gasteiger partial charge in [0.1, 0.15) is 0 Å². The molecule has 3 nitrogen and oxygen atoms in total. The van der Waals surface area contributed by atoms with Crippen molar-refractivity contribution in [1.29, 1.82) is 0 Å². The minimum atomic E-state index is -8.91. The van der Waals surface area contributed by atoms with Crippen molar-refractivity contribution >= 4 is 10.1 Å². The number of hydrogen-bond donors (Lipinski definition) is 0. The zero-order valence-corrected chi connectivity index (χ0v) is 25.8. The van der Waals surface area contributed by atoms with Crippen LogP contribution in [0.15, 0.2) is 30.3 Å². The van der Waals surface area contributed by atoms with Crippen molar-refractivity contribution in [1.82, 2.24) is 0 Å².